The van der Waals surface area contributed by atoms with Crippen LogP contribution in [0.25, 0.3) is 0 Å². The van der Waals surface area contributed by atoms with Gasteiger partial charge >= 0.3 is 13.1 Å². The highest BCUT2D eigenvalue weighted by Crippen LogP contribution is 2.13. The zero-order valence-electron chi connectivity index (χ0n) is 11.5. The number of carboxylic acid groups (broad SMARTS) is 1. The van der Waals surface area contributed by atoms with Crippen molar-refractivity contribution in [2.45, 2.75) is 44.1 Å². The summed E-state index contributed by atoms with van der Waals surface area (Å²) in [6, 6.07) is 0. The summed E-state index contributed by atoms with van der Waals surface area (Å²) < 4.78 is 0. The van der Waals surface area contributed by atoms with E-state index in [9.17, 15) is 4.79 Å². The van der Waals surface area contributed by atoms with Crippen LogP contribution in [0.2, 0.25) is 6.32 Å². The topological polar surface area (TPSA) is 136 Å². The number of nitrogens with one attached hydrogen (secondary N) is 1. The van der Waals surface area contributed by atoms with Crippen molar-refractivity contribution in [2.75, 3.05) is 13.1 Å². The van der Waals surface area contributed by atoms with E-state index in [0.29, 0.717) is 12.8 Å². The third-order valence-electron chi connectivity index (χ3n) is 2.64. The van der Waals surface area contributed by atoms with Gasteiger partial charge in [-0.25, -0.2) is 0 Å². The van der Waals surface area contributed by atoms with E-state index in [4.69, 9.17) is 26.0 Å². The van der Waals surface area contributed by atoms with E-state index in [2.05, 4.69) is 5.32 Å². The Morgan fingerprint density at radius 3 is 2.30 bits per heavy atom. The average Bonchev–Trinajstić information content (AvgIpc) is 2.23. The molecule has 122 valence electrons. The minimum Gasteiger partial charge on any atom is -0.480 e. The van der Waals surface area contributed by atoms with Crippen LogP contribution in [0.1, 0.15) is 26.2 Å². The van der Waals surface area contributed by atoms with E-state index in [-0.39, 0.29) is 50.6 Å². The number of aliphatic hydroxyl groups is 1. The zero-order valence-corrected chi connectivity index (χ0v) is 13.1. The molecule has 1 unspecified atom stereocenters. The number of carbonyl (C=O) groups is 1. The van der Waals surface area contributed by atoms with Crippen molar-refractivity contribution in [3.05, 3.63) is 0 Å². The number of rotatable bonds is 10. The van der Waals surface area contributed by atoms with Crippen molar-refractivity contribution in [3.63, 3.8) is 0 Å². The first-order valence-corrected chi connectivity index (χ1v) is 6.05. The molecule has 7 nitrogen and oxygen atoms in total. The largest absolute Gasteiger partial charge is 0.480 e. The summed E-state index contributed by atoms with van der Waals surface area (Å²) in [6.45, 7) is 1.94. The number of aliphatic hydroxyl groups excluding tert-OH is 1. The van der Waals surface area contributed by atoms with Gasteiger partial charge in [0.25, 0.3) is 0 Å². The molecule has 0 heterocycles. The summed E-state index contributed by atoms with van der Waals surface area (Å²) in [6.07, 6.45) is 0.878. The van der Waals surface area contributed by atoms with Gasteiger partial charge in [0.15, 0.2) is 0 Å². The third kappa shape index (κ3) is 11.7. The van der Waals surface area contributed by atoms with Crippen molar-refractivity contribution in [1.29, 1.82) is 0 Å². The van der Waals surface area contributed by atoms with E-state index >= 15 is 0 Å². The molecule has 10 heteroatoms. The summed E-state index contributed by atoms with van der Waals surface area (Å²) >= 11 is 0. The molecule has 0 saturated heterocycles. The highest BCUT2D eigenvalue weighted by Gasteiger charge is 2.33. The monoisotopic (exact) mass is 334 g/mol. The second kappa shape index (κ2) is 12.6. The molecular formula is C10H25BCl2N2O5. The predicted octanol–water partition coefficient (Wildman–Crippen LogP) is -0.774. The Labute approximate surface area is 131 Å². The van der Waals surface area contributed by atoms with Crippen LogP contribution in [0, 0.1) is 0 Å². The minimum absolute atomic E-state index is 0. The molecule has 0 aliphatic rings. The van der Waals surface area contributed by atoms with Crippen LogP contribution < -0.4 is 11.1 Å². The Balaban J connectivity index is -0.00000144. The number of nitrogens with two attached hydrogens (primary N) is 1. The first-order chi connectivity index (χ1) is 8.28. The molecule has 0 aliphatic carbocycles. The van der Waals surface area contributed by atoms with Gasteiger partial charge in [-0.15, -0.1) is 24.8 Å². The van der Waals surface area contributed by atoms with Crippen molar-refractivity contribution < 1.29 is 25.1 Å². The number of hydrogen-bond acceptors (Lipinski definition) is 6. The van der Waals surface area contributed by atoms with Crippen LogP contribution in [0.3, 0.4) is 0 Å². The van der Waals surface area contributed by atoms with Crippen molar-refractivity contribution in [2.24, 2.45) is 5.73 Å². The molecule has 0 spiro atoms. The second-order valence-electron chi connectivity index (χ2n) is 4.67. The van der Waals surface area contributed by atoms with Crippen LogP contribution in [0.15, 0.2) is 0 Å². The van der Waals surface area contributed by atoms with E-state index in [1.165, 1.54) is 0 Å². The maximum absolute atomic E-state index is 11.1. The van der Waals surface area contributed by atoms with Gasteiger partial charge in [0, 0.05) is 13.1 Å². The first kappa shape index (κ1) is 24.9. The van der Waals surface area contributed by atoms with Crippen LogP contribution in [-0.4, -0.2) is 58.1 Å². The lowest BCUT2D eigenvalue weighted by Gasteiger charge is -2.25. The number of aliphatic carboxylic acids is 1. The summed E-state index contributed by atoms with van der Waals surface area (Å²) in [5.41, 5.74) is 4.38. The molecule has 0 aromatic heterocycles. The first-order valence-electron chi connectivity index (χ1n) is 6.05. The van der Waals surface area contributed by atoms with E-state index < -0.39 is 24.7 Å². The summed E-state index contributed by atoms with van der Waals surface area (Å²) in [5, 5.41) is 38.3. The van der Waals surface area contributed by atoms with E-state index in [1.54, 1.807) is 6.92 Å². The van der Waals surface area contributed by atoms with Crippen molar-refractivity contribution >= 4 is 37.9 Å². The standard InChI is InChI=1S/C10H23BN2O5.2ClH/c1-8(14)6-13-7-10(12,9(15)16)4-2-3-5-11(17)18;;/h8,13-14,17-18H,2-7,12H2,1H3,(H,15,16);2*1H/t8-,10?;;/m1../s1. The third-order valence-corrected chi connectivity index (χ3v) is 2.64. The van der Waals surface area contributed by atoms with E-state index in [0.717, 1.165) is 0 Å². The van der Waals surface area contributed by atoms with Gasteiger partial charge in [0.1, 0.15) is 5.54 Å². The van der Waals surface area contributed by atoms with Gasteiger partial charge in [-0.1, -0.05) is 12.8 Å². The Bertz CT molecular complexity index is 262. The highest BCUT2D eigenvalue weighted by atomic mass is 35.5. The normalized spacial score (nSPS) is 14.4. The van der Waals surface area contributed by atoms with Crippen LogP contribution in [-0.2, 0) is 4.79 Å². The Morgan fingerprint density at radius 2 is 1.90 bits per heavy atom. The van der Waals surface area contributed by atoms with Crippen LogP contribution >= 0.6 is 24.8 Å². The Morgan fingerprint density at radius 1 is 1.35 bits per heavy atom. The molecule has 0 rings (SSSR count). The summed E-state index contributed by atoms with van der Waals surface area (Å²) in [4.78, 5) is 11.1. The summed E-state index contributed by atoms with van der Waals surface area (Å²) in [5.74, 6) is -1.11. The lowest BCUT2D eigenvalue weighted by molar-refractivity contribution is -0.143. The molecule has 0 fully saturated rings. The van der Waals surface area contributed by atoms with Crippen LogP contribution in [0.5, 0.6) is 0 Å². The van der Waals surface area contributed by atoms with Gasteiger partial charge in [-0.05, 0) is 19.7 Å². The number of unbranched alkanes of at least 4 members (excludes halogenated alkanes) is 1. The fourth-order valence-corrected chi connectivity index (χ4v) is 1.54. The van der Waals surface area contributed by atoms with Crippen LogP contribution in [0.4, 0.5) is 0 Å². The van der Waals surface area contributed by atoms with Gasteiger partial charge in [-0.3, -0.25) is 4.79 Å². The molecule has 20 heavy (non-hydrogen) atoms. The quantitative estimate of drug-likeness (QED) is 0.228. The Kier molecular flexibility index (Phi) is 15.7. The molecule has 2 atom stereocenters. The molecule has 0 aromatic rings. The highest BCUT2D eigenvalue weighted by molar-refractivity contribution is 6.40. The minimum atomic E-state index is -1.39. The number of halogens is 2. The maximum Gasteiger partial charge on any atom is 0.451 e. The smallest absolute Gasteiger partial charge is 0.451 e. The molecule has 0 amide bonds. The zero-order chi connectivity index (χ0) is 14.2. The van der Waals surface area contributed by atoms with Gasteiger partial charge < -0.3 is 31.3 Å². The number of carboxylic acids is 1. The van der Waals surface area contributed by atoms with Gasteiger partial charge in [0.2, 0.25) is 0 Å². The van der Waals surface area contributed by atoms with Crippen molar-refractivity contribution in [1.82, 2.24) is 5.32 Å². The molecular weight excluding hydrogens is 310 g/mol. The number of hydrogen-bond donors (Lipinski definition) is 6. The van der Waals surface area contributed by atoms with Gasteiger partial charge in [0.05, 0.1) is 6.10 Å². The predicted molar refractivity (Wildman–Crippen MR) is 82.5 cm³/mol. The fraction of sp³-hybridized carbons (Fsp3) is 0.900. The van der Waals surface area contributed by atoms with Crippen molar-refractivity contribution in [3.8, 4) is 0 Å². The van der Waals surface area contributed by atoms with Gasteiger partial charge in [-0.2, -0.15) is 0 Å². The molecule has 0 aromatic carbocycles. The Hall–Kier alpha value is -0.0851. The molecule has 7 N–H and O–H groups in total. The fourth-order valence-electron chi connectivity index (χ4n) is 1.54. The molecule has 0 bridgehead atoms. The maximum atomic E-state index is 11.1. The molecule has 0 aliphatic heterocycles. The summed E-state index contributed by atoms with van der Waals surface area (Å²) in [7, 11) is -1.37. The molecule has 0 radical (unpaired) electrons. The SMILES string of the molecule is C[C@@H](O)CNCC(N)(CCCCB(O)O)C(=O)O.Cl.Cl. The van der Waals surface area contributed by atoms with E-state index in [1.807, 2.05) is 0 Å². The lowest BCUT2D eigenvalue weighted by Crippen LogP contribution is -2.55. The lowest BCUT2D eigenvalue weighted by atomic mass is 9.82. The average molecular weight is 335 g/mol. The second-order valence-corrected chi connectivity index (χ2v) is 4.67. The molecule has 0 saturated carbocycles.